The first kappa shape index (κ1) is 14.9. The van der Waals surface area contributed by atoms with Crippen molar-refractivity contribution < 1.29 is 9.59 Å². The van der Waals surface area contributed by atoms with Crippen molar-refractivity contribution in [3.8, 4) is 0 Å². The first-order valence-corrected chi connectivity index (χ1v) is 5.89. The van der Waals surface area contributed by atoms with Crippen LogP contribution in [0.3, 0.4) is 0 Å². The maximum absolute atomic E-state index is 11.0. The average molecular weight is 229 g/mol. The van der Waals surface area contributed by atoms with Crippen LogP contribution in [0, 0.1) is 0 Å². The van der Waals surface area contributed by atoms with Gasteiger partial charge in [0.1, 0.15) is 0 Å². The average Bonchev–Trinajstić information content (AvgIpc) is 2.20. The zero-order valence-electron chi connectivity index (χ0n) is 10.00. The number of nitrogens with one attached hydrogen (secondary N) is 1. The summed E-state index contributed by atoms with van der Waals surface area (Å²) in [5.74, 6) is -1.03. The molecule has 0 aliphatic rings. The molecule has 0 fully saturated rings. The molecule has 0 aromatic carbocycles. The van der Waals surface area contributed by atoms with E-state index in [-0.39, 0.29) is 6.42 Å². The van der Waals surface area contributed by atoms with Crippen LogP contribution in [0.2, 0.25) is 0 Å². The van der Waals surface area contributed by atoms with Gasteiger partial charge in [-0.25, -0.2) is 0 Å². The molecular weight excluding hydrogens is 206 g/mol. The summed E-state index contributed by atoms with van der Waals surface area (Å²) in [6, 6.07) is -0.622. The summed E-state index contributed by atoms with van der Waals surface area (Å²) in [6.45, 7) is 2.86. The van der Waals surface area contributed by atoms with Gasteiger partial charge in [-0.2, -0.15) is 0 Å². The highest BCUT2D eigenvalue weighted by Gasteiger charge is 2.16. The molecule has 5 heteroatoms. The topological polar surface area (TPSA) is 98.2 Å². The van der Waals surface area contributed by atoms with E-state index in [0.29, 0.717) is 6.54 Å². The van der Waals surface area contributed by atoms with Crippen LogP contribution in [0.1, 0.15) is 45.4 Å². The van der Waals surface area contributed by atoms with Gasteiger partial charge in [0.15, 0.2) is 0 Å². The first-order chi connectivity index (χ1) is 7.57. The number of rotatable bonds is 10. The van der Waals surface area contributed by atoms with Crippen molar-refractivity contribution in [3.05, 3.63) is 0 Å². The summed E-state index contributed by atoms with van der Waals surface area (Å²) >= 11 is 0. The fourth-order valence-electron chi connectivity index (χ4n) is 1.48. The monoisotopic (exact) mass is 229 g/mol. The molecule has 16 heavy (non-hydrogen) atoms. The van der Waals surface area contributed by atoms with Crippen LogP contribution >= 0.6 is 0 Å². The highest BCUT2D eigenvalue weighted by Crippen LogP contribution is 2.01. The van der Waals surface area contributed by atoms with Gasteiger partial charge in [0.05, 0.1) is 12.5 Å². The smallest absolute Gasteiger partial charge is 0.235 e. The Morgan fingerprint density at radius 2 is 1.75 bits per heavy atom. The molecule has 94 valence electrons. The lowest BCUT2D eigenvalue weighted by molar-refractivity contribution is -0.125. The van der Waals surface area contributed by atoms with E-state index in [1.165, 1.54) is 19.3 Å². The molecule has 0 heterocycles. The second-order valence-corrected chi connectivity index (χ2v) is 3.99. The molecule has 0 saturated carbocycles. The molecule has 5 nitrogen and oxygen atoms in total. The van der Waals surface area contributed by atoms with Crippen LogP contribution in [0.25, 0.3) is 0 Å². The van der Waals surface area contributed by atoms with Gasteiger partial charge in [0, 0.05) is 0 Å². The number of hydrogen-bond acceptors (Lipinski definition) is 3. The van der Waals surface area contributed by atoms with E-state index in [9.17, 15) is 9.59 Å². The van der Waals surface area contributed by atoms with E-state index < -0.39 is 17.9 Å². The summed E-state index contributed by atoms with van der Waals surface area (Å²) in [5, 5.41) is 2.95. The lowest BCUT2D eigenvalue weighted by Crippen LogP contribution is -2.44. The van der Waals surface area contributed by atoms with Gasteiger partial charge in [0.2, 0.25) is 11.8 Å². The number of unbranched alkanes of at least 4 members (excludes halogenated alkanes) is 4. The van der Waals surface area contributed by atoms with Gasteiger partial charge in [-0.1, -0.05) is 32.6 Å². The Kier molecular flexibility index (Phi) is 8.52. The number of nitrogens with two attached hydrogens (primary N) is 2. The number of hydrogen-bond donors (Lipinski definition) is 3. The molecule has 0 aliphatic carbocycles. The Morgan fingerprint density at radius 1 is 1.12 bits per heavy atom. The quantitative estimate of drug-likeness (QED) is 0.469. The minimum atomic E-state index is -0.622. The molecule has 5 N–H and O–H groups in total. The minimum absolute atomic E-state index is 0.0235. The third-order valence-electron chi connectivity index (χ3n) is 2.42. The van der Waals surface area contributed by atoms with E-state index in [4.69, 9.17) is 11.5 Å². The van der Waals surface area contributed by atoms with E-state index in [1.807, 2.05) is 0 Å². The Bertz CT molecular complexity index is 219. The number of primary amides is 2. The number of amides is 2. The van der Waals surface area contributed by atoms with Crippen molar-refractivity contribution in [2.24, 2.45) is 11.5 Å². The van der Waals surface area contributed by atoms with Crippen molar-refractivity contribution in [3.63, 3.8) is 0 Å². The van der Waals surface area contributed by atoms with E-state index >= 15 is 0 Å². The fourth-order valence-corrected chi connectivity index (χ4v) is 1.48. The van der Waals surface area contributed by atoms with Crippen LogP contribution in [-0.4, -0.2) is 24.4 Å². The van der Waals surface area contributed by atoms with Crippen molar-refractivity contribution in [2.45, 2.75) is 51.5 Å². The van der Waals surface area contributed by atoms with Gasteiger partial charge < -0.3 is 16.8 Å². The standard InChI is InChI=1S/C11H23N3O2/c1-2-3-4-5-6-7-14-9(11(13)16)8-10(12)15/h9,14H,2-8H2,1H3,(H2,12,15)(H2,13,16). The summed E-state index contributed by atoms with van der Waals surface area (Å²) in [7, 11) is 0. The Labute approximate surface area is 96.9 Å². The van der Waals surface area contributed by atoms with Crippen molar-refractivity contribution >= 4 is 11.8 Å². The molecule has 1 atom stereocenters. The van der Waals surface area contributed by atoms with Gasteiger partial charge in [0.25, 0.3) is 0 Å². The SMILES string of the molecule is CCCCCCCNC(CC(N)=O)C(N)=O. The molecule has 0 radical (unpaired) electrons. The molecule has 0 spiro atoms. The third kappa shape index (κ3) is 8.23. The van der Waals surface area contributed by atoms with Gasteiger partial charge in [-0.3, -0.25) is 9.59 Å². The van der Waals surface area contributed by atoms with Crippen LogP contribution in [0.4, 0.5) is 0 Å². The summed E-state index contributed by atoms with van der Waals surface area (Å²) in [6.07, 6.45) is 5.74. The summed E-state index contributed by atoms with van der Waals surface area (Å²) in [5.41, 5.74) is 10.2. The molecule has 2 amide bonds. The molecule has 0 saturated heterocycles. The summed E-state index contributed by atoms with van der Waals surface area (Å²) in [4.78, 5) is 21.6. The summed E-state index contributed by atoms with van der Waals surface area (Å²) < 4.78 is 0. The third-order valence-corrected chi connectivity index (χ3v) is 2.42. The van der Waals surface area contributed by atoms with Crippen molar-refractivity contribution in [1.82, 2.24) is 5.32 Å². The van der Waals surface area contributed by atoms with E-state index in [2.05, 4.69) is 12.2 Å². The van der Waals surface area contributed by atoms with Crippen molar-refractivity contribution in [2.75, 3.05) is 6.54 Å². The second-order valence-electron chi connectivity index (χ2n) is 3.99. The fraction of sp³-hybridized carbons (Fsp3) is 0.818. The van der Waals surface area contributed by atoms with Gasteiger partial charge in [-0.15, -0.1) is 0 Å². The van der Waals surface area contributed by atoms with Gasteiger partial charge in [-0.05, 0) is 13.0 Å². The highest BCUT2D eigenvalue weighted by atomic mass is 16.2. The van der Waals surface area contributed by atoms with Gasteiger partial charge >= 0.3 is 0 Å². The maximum Gasteiger partial charge on any atom is 0.235 e. The predicted octanol–water partition coefficient (Wildman–Crippen LogP) is 0.276. The largest absolute Gasteiger partial charge is 0.370 e. The molecule has 0 aromatic rings. The molecule has 0 bridgehead atoms. The maximum atomic E-state index is 11.0. The zero-order chi connectivity index (χ0) is 12.4. The van der Waals surface area contributed by atoms with Crippen LogP contribution in [0.15, 0.2) is 0 Å². The molecule has 0 rings (SSSR count). The van der Waals surface area contributed by atoms with Crippen LogP contribution in [0.5, 0.6) is 0 Å². The van der Waals surface area contributed by atoms with E-state index in [0.717, 1.165) is 12.8 Å². The molecule has 0 aliphatic heterocycles. The molecular formula is C11H23N3O2. The lowest BCUT2D eigenvalue weighted by Gasteiger charge is -2.13. The first-order valence-electron chi connectivity index (χ1n) is 5.89. The Morgan fingerprint density at radius 3 is 2.25 bits per heavy atom. The normalized spacial score (nSPS) is 12.3. The number of carbonyl (C=O) groups is 2. The Hall–Kier alpha value is -1.10. The predicted molar refractivity (Wildman–Crippen MR) is 63.6 cm³/mol. The van der Waals surface area contributed by atoms with Crippen molar-refractivity contribution in [1.29, 1.82) is 0 Å². The molecule has 0 aromatic heterocycles. The highest BCUT2D eigenvalue weighted by molar-refractivity contribution is 5.86. The number of carbonyl (C=O) groups excluding carboxylic acids is 2. The second kappa shape index (κ2) is 9.15. The van der Waals surface area contributed by atoms with Crippen LogP contribution in [-0.2, 0) is 9.59 Å². The minimum Gasteiger partial charge on any atom is -0.370 e. The molecule has 1 unspecified atom stereocenters. The van der Waals surface area contributed by atoms with E-state index in [1.54, 1.807) is 0 Å². The Balaban J connectivity index is 3.60. The van der Waals surface area contributed by atoms with Crippen LogP contribution < -0.4 is 16.8 Å². The lowest BCUT2D eigenvalue weighted by atomic mass is 10.1. The zero-order valence-corrected chi connectivity index (χ0v) is 10.00.